The number of hydrogen-bond acceptors (Lipinski definition) is 2. The van der Waals surface area contributed by atoms with Crippen LogP contribution in [0.5, 0.6) is 5.75 Å². The average Bonchev–Trinajstić information content (AvgIpc) is 2.58. The van der Waals surface area contributed by atoms with Gasteiger partial charge in [-0.1, -0.05) is 38.7 Å². The molecule has 1 saturated carbocycles. The normalized spacial score (nSPS) is 36.2. The number of ether oxygens (including phenoxy) is 1. The molecule has 4 atom stereocenters. The molecule has 0 aromatic heterocycles. The summed E-state index contributed by atoms with van der Waals surface area (Å²) in [6, 6.07) is 7.65. The topological polar surface area (TPSA) is 12.5 Å². The lowest BCUT2D eigenvalue weighted by molar-refractivity contribution is -0.0352. The number of rotatable bonds is 3. The third kappa shape index (κ3) is 2.25. The summed E-state index contributed by atoms with van der Waals surface area (Å²) in [4.78, 5) is 2.67. The van der Waals surface area contributed by atoms with Crippen molar-refractivity contribution in [3.8, 4) is 5.75 Å². The molecule has 2 nitrogen and oxygen atoms in total. The van der Waals surface area contributed by atoms with Gasteiger partial charge in [0, 0.05) is 11.5 Å². The molecule has 126 valence electrons. The fourth-order valence-electron chi connectivity index (χ4n) is 6.24. The molecule has 3 aliphatic rings. The highest BCUT2D eigenvalue weighted by Gasteiger charge is 2.56. The first-order chi connectivity index (χ1) is 11.2. The monoisotopic (exact) mass is 313 g/mol. The molecule has 1 aliphatic heterocycles. The Hall–Kier alpha value is -1.02. The lowest BCUT2D eigenvalue weighted by atomic mass is 9.49. The van der Waals surface area contributed by atoms with Crippen molar-refractivity contribution >= 4 is 0 Å². The van der Waals surface area contributed by atoms with Crippen molar-refractivity contribution in [3.05, 3.63) is 29.3 Å². The van der Waals surface area contributed by atoms with E-state index in [-0.39, 0.29) is 0 Å². The van der Waals surface area contributed by atoms with E-state index in [1.807, 2.05) is 0 Å². The second-order valence-electron chi connectivity index (χ2n) is 8.15. The van der Waals surface area contributed by atoms with E-state index in [0.29, 0.717) is 5.41 Å². The Kier molecular flexibility index (Phi) is 3.91. The number of hydrogen-bond donors (Lipinski definition) is 0. The van der Waals surface area contributed by atoms with Gasteiger partial charge in [-0.3, -0.25) is 0 Å². The highest BCUT2D eigenvalue weighted by Crippen LogP contribution is 2.58. The third-order valence-electron chi connectivity index (χ3n) is 7.18. The number of likely N-dealkylation sites (tertiary alicyclic amines) is 1. The minimum atomic E-state index is 0.428. The number of piperidine rings is 1. The lowest BCUT2D eigenvalue weighted by Gasteiger charge is -2.61. The molecule has 1 saturated heterocycles. The van der Waals surface area contributed by atoms with Gasteiger partial charge < -0.3 is 9.64 Å². The van der Waals surface area contributed by atoms with Crippen molar-refractivity contribution < 1.29 is 4.74 Å². The summed E-state index contributed by atoms with van der Waals surface area (Å²) in [5, 5.41) is 0. The summed E-state index contributed by atoms with van der Waals surface area (Å²) in [6.07, 6.45) is 9.57. The zero-order chi connectivity index (χ0) is 16.0. The minimum Gasteiger partial charge on any atom is -0.497 e. The van der Waals surface area contributed by atoms with Crippen molar-refractivity contribution in [2.24, 2.45) is 11.8 Å². The summed E-state index contributed by atoms with van der Waals surface area (Å²) in [7, 11) is 4.17. The summed E-state index contributed by atoms with van der Waals surface area (Å²) < 4.78 is 5.58. The molecule has 0 spiro atoms. The Morgan fingerprint density at radius 2 is 2.17 bits per heavy atom. The van der Waals surface area contributed by atoms with E-state index >= 15 is 0 Å². The van der Waals surface area contributed by atoms with Crippen LogP contribution in [0.3, 0.4) is 0 Å². The third-order valence-corrected chi connectivity index (χ3v) is 7.18. The number of likely N-dealkylation sites (N-methyl/N-ethyl adjacent to an activating group) is 1. The first-order valence-electron chi connectivity index (χ1n) is 9.57. The highest BCUT2D eigenvalue weighted by molar-refractivity contribution is 5.45. The molecule has 2 heteroatoms. The van der Waals surface area contributed by atoms with Gasteiger partial charge in [0.1, 0.15) is 5.75 Å². The molecule has 1 aromatic carbocycles. The highest BCUT2D eigenvalue weighted by atomic mass is 16.5. The van der Waals surface area contributed by atoms with E-state index in [1.54, 1.807) is 18.2 Å². The van der Waals surface area contributed by atoms with Crippen LogP contribution in [0.1, 0.15) is 56.6 Å². The van der Waals surface area contributed by atoms with Gasteiger partial charge in [-0.25, -0.2) is 0 Å². The summed E-state index contributed by atoms with van der Waals surface area (Å²) in [6.45, 7) is 3.62. The van der Waals surface area contributed by atoms with Gasteiger partial charge in [-0.05, 0) is 68.0 Å². The van der Waals surface area contributed by atoms with Crippen LogP contribution >= 0.6 is 0 Å². The fourth-order valence-corrected chi connectivity index (χ4v) is 6.24. The van der Waals surface area contributed by atoms with E-state index in [4.69, 9.17) is 4.74 Å². The van der Waals surface area contributed by atoms with Gasteiger partial charge >= 0.3 is 0 Å². The Labute approximate surface area is 141 Å². The molecule has 0 N–H and O–H groups in total. The molecule has 0 amide bonds. The number of fused-ring (bicyclic) bond motifs is 1. The van der Waals surface area contributed by atoms with Crippen molar-refractivity contribution in [1.82, 2.24) is 4.90 Å². The maximum atomic E-state index is 5.58. The van der Waals surface area contributed by atoms with Crippen molar-refractivity contribution in [1.29, 1.82) is 0 Å². The molecule has 23 heavy (non-hydrogen) atoms. The van der Waals surface area contributed by atoms with Gasteiger partial charge in [0.05, 0.1) is 7.11 Å². The van der Waals surface area contributed by atoms with Gasteiger partial charge in [-0.2, -0.15) is 0 Å². The Bertz CT molecular complexity index is 581. The fraction of sp³-hybridized carbons (Fsp3) is 0.714. The Balaban J connectivity index is 1.85. The van der Waals surface area contributed by atoms with Crippen LogP contribution in [0, 0.1) is 11.8 Å². The van der Waals surface area contributed by atoms with E-state index in [2.05, 4.69) is 37.1 Å². The van der Waals surface area contributed by atoms with Gasteiger partial charge in [0.25, 0.3) is 0 Å². The van der Waals surface area contributed by atoms with Crippen LogP contribution in [0.2, 0.25) is 0 Å². The molecular weight excluding hydrogens is 282 g/mol. The maximum absolute atomic E-state index is 5.58. The van der Waals surface area contributed by atoms with Crippen LogP contribution in [-0.4, -0.2) is 31.6 Å². The quantitative estimate of drug-likeness (QED) is 0.819. The second kappa shape index (κ2) is 5.81. The first kappa shape index (κ1) is 15.5. The van der Waals surface area contributed by atoms with Crippen molar-refractivity contribution in [2.45, 2.75) is 63.3 Å². The predicted molar refractivity (Wildman–Crippen MR) is 95.2 cm³/mol. The summed E-state index contributed by atoms with van der Waals surface area (Å²) in [5.41, 5.74) is 3.67. The summed E-state index contributed by atoms with van der Waals surface area (Å²) >= 11 is 0. The van der Waals surface area contributed by atoms with E-state index in [9.17, 15) is 0 Å². The van der Waals surface area contributed by atoms with Crippen LogP contribution in [0.4, 0.5) is 0 Å². The molecule has 2 aliphatic carbocycles. The van der Waals surface area contributed by atoms with E-state index in [0.717, 1.165) is 23.6 Å². The largest absolute Gasteiger partial charge is 0.497 e. The second-order valence-corrected chi connectivity index (χ2v) is 8.15. The smallest absolute Gasteiger partial charge is 0.119 e. The molecule has 4 rings (SSSR count). The predicted octanol–water partition coefficient (Wildman–Crippen LogP) is 4.41. The maximum Gasteiger partial charge on any atom is 0.119 e. The molecule has 2 fully saturated rings. The molecule has 0 radical (unpaired) electrons. The van der Waals surface area contributed by atoms with Crippen LogP contribution in [0.25, 0.3) is 0 Å². The van der Waals surface area contributed by atoms with Crippen LogP contribution in [0.15, 0.2) is 18.2 Å². The minimum absolute atomic E-state index is 0.428. The molecule has 1 unspecified atom stereocenters. The van der Waals surface area contributed by atoms with E-state index < -0.39 is 0 Å². The van der Waals surface area contributed by atoms with Crippen molar-refractivity contribution in [2.75, 3.05) is 20.7 Å². The van der Waals surface area contributed by atoms with Gasteiger partial charge in [-0.15, -0.1) is 0 Å². The first-order valence-corrected chi connectivity index (χ1v) is 9.57. The number of benzene rings is 1. The zero-order valence-electron chi connectivity index (χ0n) is 15.0. The standard InChI is InChI=1S/C21H31NO/c1-4-6-15-7-5-10-21-11-12-22(2)19(20(15)21)13-16-8-9-17(23-3)14-18(16)21/h8-9,14-15,19-20H,4-7,10-13H2,1-3H3/t15-,19+,20?,21-/m0/s1. The SMILES string of the molecule is CCC[C@H]1CCC[C@]23CCN(C)[C@H](Cc4ccc(OC)cc42)C13. The molecule has 1 heterocycles. The number of nitrogens with zero attached hydrogens (tertiary/aromatic N) is 1. The van der Waals surface area contributed by atoms with Crippen LogP contribution < -0.4 is 4.74 Å². The van der Waals surface area contributed by atoms with Gasteiger partial charge in [0.2, 0.25) is 0 Å². The molecule has 1 aromatic rings. The number of methoxy groups -OCH3 is 1. The zero-order valence-corrected chi connectivity index (χ0v) is 15.0. The van der Waals surface area contributed by atoms with Crippen molar-refractivity contribution in [3.63, 3.8) is 0 Å². The molecular formula is C21H31NO. The van der Waals surface area contributed by atoms with Crippen LogP contribution in [-0.2, 0) is 11.8 Å². The van der Waals surface area contributed by atoms with Gasteiger partial charge in [0.15, 0.2) is 0 Å². The lowest BCUT2D eigenvalue weighted by Crippen LogP contribution is -2.62. The average molecular weight is 313 g/mol. The Morgan fingerprint density at radius 3 is 2.96 bits per heavy atom. The summed E-state index contributed by atoms with van der Waals surface area (Å²) in [5.74, 6) is 2.82. The molecule has 2 bridgehead atoms. The Morgan fingerprint density at radius 1 is 1.30 bits per heavy atom. The van der Waals surface area contributed by atoms with E-state index in [1.165, 1.54) is 51.5 Å².